The third-order valence-electron chi connectivity index (χ3n) is 1.39. The molecule has 0 aliphatic heterocycles. The van der Waals surface area contributed by atoms with Crippen molar-refractivity contribution >= 4 is 5.97 Å². The number of carbonyl (C=O) groups excluding carboxylic acids is 1. The summed E-state index contributed by atoms with van der Waals surface area (Å²) in [6.07, 6.45) is 5.15. The van der Waals surface area contributed by atoms with E-state index in [1.54, 1.807) is 6.92 Å². The van der Waals surface area contributed by atoms with E-state index in [0.29, 0.717) is 6.61 Å². The van der Waals surface area contributed by atoms with Gasteiger partial charge in [-0.05, 0) is 26.7 Å². The Hall–Kier alpha value is -1.05. The van der Waals surface area contributed by atoms with Gasteiger partial charge in [-0.25, -0.2) is 4.79 Å². The van der Waals surface area contributed by atoms with Crippen LogP contribution < -0.4 is 0 Å². The van der Waals surface area contributed by atoms with Crippen molar-refractivity contribution in [2.75, 3.05) is 6.61 Å². The molecule has 0 aliphatic rings. The molecule has 0 aromatic carbocycles. The van der Waals surface area contributed by atoms with Gasteiger partial charge in [0, 0.05) is 6.08 Å². The Morgan fingerprint density at radius 1 is 1.58 bits per heavy atom. The zero-order valence-electron chi connectivity index (χ0n) is 7.80. The van der Waals surface area contributed by atoms with Gasteiger partial charge in [0.15, 0.2) is 0 Å². The average molecular weight is 168 g/mol. The summed E-state index contributed by atoms with van der Waals surface area (Å²) in [6.45, 7) is 7.75. The Morgan fingerprint density at radius 3 is 2.75 bits per heavy atom. The molecule has 0 radical (unpaired) electrons. The number of rotatable bonds is 5. The fourth-order valence-corrected chi connectivity index (χ4v) is 0.787. The van der Waals surface area contributed by atoms with Crippen LogP contribution in [0.25, 0.3) is 0 Å². The van der Waals surface area contributed by atoms with Crippen LogP contribution in [0.2, 0.25) is 0 Å². The second kappa shape index (κ2) is 6.65. The molecule has 0 saturated heterocycles. The molecule has 2 heteroatoms. The van der Waals surface area contributed by atoms with E-state index < -0.39 is 0 Å². The lowest BCUT2D eigenvalue weighted by atomic mass is 10.1. The molecular weight excluding hydrogens is 152 g/mol. The van der Waals surface area contributed by atoms with Crippen LogP contribution in [0, 0.1) is 0 Å². The maximum absolute atomic E-state index is 10.9. The zero-order chi connectivity index (χ0) is 9.40. The van der Waals surface area contributed by atoms with Crippen molar-refractivity contribution in [2.45, 2.75) is 26.7 Å². The Morgan fingerprint density at radius 2 is 2.25 bits per heavy atom. The van der Waals surface area contributed by atoms with Gasteiger partial charge >= 0.3 is 5.97 Å². The molecule has 0 heterocycles. The molecule has 2 nitrogen and oxygen atoms in total. The second-order valence-electron chi connectivity index (χ2n) is 2.57. The van der Waals surface area contributed by atoms with Crippen LogP contribution in [0.5, 0.6) is 0 Å². The third kappa shape index (κ3) is 5.71. The molecule has 0 aromatic rings. The predicted molar refractivity (Wildman–Crippen MR) is 49.8 cm³/mol. The summed E-state index contributed by atoms with van der Waals surface area (Å²) in [5, 5.41) is 0. The Balaban J connectivity index is 3.80. The van der Waals surface area contributed by atoms with Crippen molar-refractivity contribution < 1.29 is 9.53 Å². The quantitative estimate of drug-likeness (QED) is 0.358. The molecule has 68 valence electrons. The second-order valence-corrected chi connectivity index (χ2v) is 2.57. The number of hydrogen-bond donors (Lipinski definition) is 0. The summed E-state index contributed by atoms with van der Waals surface area (Å²) in [5.41, 5.74) is 1.04. The molecule has 0 aliphatic carbocycles. The van der Waals surface area contributed by atoms with Gasteiger partial charge in [-0.1, -0.05) is 11.6 Å². The molecule has 0 unspecified atom stereocenters. The summed E-state index contributed by atoms with van der Waals surface area (Å²) < 4.78 is 4.75. The summed E-state index contributed by atoms with van der Waals surface area (Å²) in [6, 6.07) is 0. The highest BCUT2D eigenvalue weighted by Gasteiger charge is 1.96. The minimum atomic E-state index is -0.251. The first-order valence-electron chi connectivity index (χ1n) is 4.15. The molecule has 0 spiro atoms. The highest BCUT2D eigenvalue weighted by atomic mass is 16.5. The van der Waals surface area contributed by atoms with E-state index in [-0.39, 0.29) is 5.97 Å². The number of carbonyl (C=O) groups is 1. The van der Waals surface area contributed by atoms with Gasteiger partial charge in [-0.15, -0.1) is 6.58 Å². The topological polar surface area (TPSA) is 26.3 Å². The lowest BCUT2D eigenvalue weighted by Gasteiger charge is -1.98. The Kier molecular flexibility index (Phi) is 6.07. The fourth-order valence-electron chi connectivity index (χ4n) is 0.787. The lowest BCUT2D eigenvalue weighted by molar-refractivity contribution is -0.137. The summed E-state index contributed by atoms with van der Waals surface area (Å²) in [4.78, 5) is 10.9. The largest absolute Gasteiger partial charge is 0.463 e. The maximum atomic E-state index is 10.9. The van der Waals surface area contributed by atoms with Gasteiger partial charge in [0.1, 0.15) is 0 Å². The van der Waals surface area contributed by atoms with E-state index in [9.17, 15) is 4.79 Å². The number of allylic oxidation sites excluding steroid dienone is 2. The van der Waals surface area contributed by atoms with Crippen LogP contribution in [-0.4, -0.2) is 12.6 Å². The molecule has 0 atom stereocenters. The van der Waals surface area contributed by atoms with Crippen LogP contribution in [0.1, 0.15) is 26.7 Å². The monoisotopic (exact) mass is 168 g/mol. The van der Waals surface area contributed by atoms with E-state index in [4.69, 9.17) is 4.74 Å². The average Bonchev–Trinajstić information content (AvgIpc) is 2.01. The van der Waals surface area contributed by atoms with Crippen LogP contribution in [0.4, 0.5) is 0 Å². The van der Waals surface area contributed by atoms with Gasteiger partial charge in [0.05, 0.1) is 6.61 Å². The predicted octanol–water partition coefficient (Wildman–Crippen LogP) is 2.46. The fraction of sp³-hybridized carbons (Fsp3) is 0.500. The lowest BCUT2D eigenvalue weighted by Crippen LogP contribution is -2.00. The summed E-state index contributed by atoms with van der Waals surface area (Å²) in [5.74, 6) is -0.251. The molecule has 0 N–H and O–H groups in total. The molecule has 0 amide bonds. The van der Waals surface area contributed by atoms with E-state index in [0.717, 1.165) is 18.4 Å². The van der Waals surface area contributed by atoms with Crippen molar-refractivity contribution in [3.05, 3.63) is 24.3 Å². The van der Waals surface area contributed by atoms with Gasteiger partial charge in [0.25, 0.3) is 0 Å². The van der Waals surface area contributed by atoms with E-state index >= 15 is 0 Å². The molecule has 0 saturated carbocycles. The van der Waals surface area contributed by atoms with Crippen LogP contribution in [0.15, 0.2) is 24.3 Å². The minimum absolute atomic E-state index is 0.251. The third-order valence-corrected chi connectivity index (χ3v) is 1.39. The van der Waals surface area contributed by atoms with Crippen LogP contribution >= 0.6 is 0 Å². The van der Waals surface area contributed by atoms with Crippen molar-refractivity contribution in [3.63, 3.8) is 0 Å². The summed E-state index contributed by atoms with van der Waals surface area (Å²) in [7, 11) is 0. The number of hydrogen-bond acceptors (Lipinski definition) is 2. The van der Waals surface area contributed by atoms with E-state index in [1.807, 2.05) is 13.0 Å². The van der Waals surface area contributed by atoms with Crippen LogP contribution in [0.3, 0.4) is 0 Å². The first kappa shape index (κ1) is 11.0. The Bertz CT molecular complexity index is 180. The molecule has 0 aromatic heterocycles. The van der Waals surface area contributed by atoms with Gasteiger partial charge in [-0.2, -0.15) is 0 Å². The smallest absolute Gasteiger partial charge is 0.330 e. The molecule has 0 rings (SSSR count). The molecular formula is C10H16O2. The molecule has 0 bridgehead atoms. The summed E-state index contributed by atoms with van der Waals surface area (Å²) >= 11 is 0. The SMILES string of the molecule is C=CCCC(C)=CC(=O)OCC. The Labute approximate surface area is 73.9 Å². The highest BCUT2D eigenvalue weighted by molar-refractivity contribution is 5.82. The standard InChI is InChI=1S/C10H16O2/c1-4-6-7-9(3)8-10(11)12-5-2/h4,8H,1,5-7H2,2-3H3. The van der Waals surface area contributed by atoms with E-state index in [2.05, 4.69) is 6.58 Å². The van der Waals surface area contributed by atoms with E-state index in [1.165, 1.54) is 6.08 Å². The first-order valence-corrected chi connectivity index (χ1v) is 4.15. The number of esters is 1. The van der Waals surface area contributed by atoms with Crippen molar-refractivity contribution in [1.29, 1.82) is 0 Å². The van der Waals surface area contributed by atoms with Crippen LogP contribution in [-0.2, 0) is 9.53 Å². The van der Waals surface area contributed by atoms with Gasteiger partial charge in [0.2, 0.25) is 0 Å². The van der Waals surface area contributed by atoms with Crippen molar-refractivity contribution in [3.8, 4) is 0 Å². The zero-order valence-corrected chi connectivity index (χ0v) is 7.80. The van der Waals surface area contributed by atoms with Crippen molar-refractivity contribution in [1.82, 2.24) is 0 Å². The van der Waals surface area contributed by atoms with Gasteiger partial charge in [-0.3, -0.25) is 0 Å². The minimum Gasteiger partial charge on any atom is -0.463 e. The molecule has 12 heavy (non-hydrogen) atoms. The normalized spacial score (nSPS) is 11.0. The maximum Gasteiger partial charge on any atom is 0.330 e. The highest BCUT2D eigenvalue weighted by Crippen LogP contribution is 2.03. The first-order chi connectivity index (χ1) is 5.70. The number of ether oxygens (including phenoxy) is 1. The van der Waals surface area contributed by atoms with Gasteiger partial charge < -0.3 is 4.74 Å². The van der Waals surface area contributed by atoms with Crippen molar-refractivity contribution in [2.24, 2.45) is 0 Å². The molecule has 0 fully saturated rings.